The summed E-state index contributed by atoms with van der Waals surface area (Å²) in [6.07, 6.45) is 4.43. The van der Waals surface area contributed by atoms with E-state index in [9.17, 15) is 4.79 Å². The van der Waals surface area contributed by atoms with Gasteiger partial charge in [-0.2, -0.15) is 0 Å². The van der Waals surface area contributed by atoms with Crippen LogP contribution in [-0.4, -0.2) is 5.91 Å². The molecule has 3 heteroatoms. The fraction of sp³-hybridized carbons (Fsp3) is 0.875. The van der Waals surface area contributed by atoms with Gasteiger partial charge in [0.05, 0.1) is 0 Å². The van der Waals surface area contributed by atoms with Crippen LogP contribution in [0, 0.1) is 11.8 Å². The molecule has 3 nitrogen and oxygen atoms in total. The zero-order chi connectivity index (χ0) is 8.27. The molecule has 11 heavy (non-hydrogen) atoms. The minimum Gasteiger partial charge on any atom is -0.294 e. The maximum Gasteiger partial charge on any atom is 0.236 e. The lowest BCUT2D eigenvalue weighted by molar-refractivity contribution is -0.126. The standard InChI is InChI=1S/C8H16N2O/c1-6-3-2-4-7(5-6)8(11)10-9/h6-7H,2-5,9H2,1H3,(H,10,11)/t6-,7+/m1/s1. The molecule has 1 aliphatic rings. The highest BCUT2D eigenvalue weighted by Gasteiger charge is 2.23. The predicted octanol–water partition coefficient (Wildman–Crippen LogP) is 0.803. The first kappa shape index (κ1) is 8.53. The number of amides is 1. The van der Waals surface area contributed by atoms with Crippen molar-refractivity contribution in [2.75, 3.05) is 0 Å². The molecule has 0 saturated heterocycles. The van der Waals surface area contributed by atoms with Gasteiger partial charge >= 0.3 is 0 Å². The summed E-state index contributed by atoms with van der Waals surface area (Å²) in [5.74, 6) is 5.92. The highest BCUT2D eigenvalue weighted by Crippen LogP contribution is 2.28. The Morgan fingerprint density at radius 3 is 2.82 bits per heavy atom. The molecule has 0 spiro atoms. The van der Waals surface area contributed by atoms with E-state index >= 15 is 0 Å². The van der Waals surface area contributed by atoms with Gasteiger partial charge in [0.1, 0.15) is 0 Å². The average Bonchev–Trinajstić information content (AvgIpc) is 2.03. The maximum absolute atomic E-state index is 11.1. The molecule has 0 aromatic carbocycles. The molecule has 0 aromatic rings. The molecule has 64 valence electrons. The number of hydrazine groups is 1. The Morgan fingerprint density at radius 2 is 2.27 bits per heavy atom. The van der Waals surface area contributed by atoms with Crippen LogP contribution in [0.15, 0.2) is 0 Å². The van der Waals surface area contributed by atoms with Gasteiger partial charge in [0.2, 0.25) is 5.91 Å². The Hall–Kier alpha value is -0.570. The molecule has 0 unspecified atom stereocenters. The first-order valence-corrected chi connectivity index (χ1v) is 4.24. The van der Waals surface area contributed by atoms with Gasteiger partial charge < -0.3 is 0 Å². The van der Waals surface area contributed by atoms with Gasteiger partial charge in [0.15, 0.2) is 0 Å². The van der Waals surface area contributed by atoms with Gasteiger partial charge in [-0.1, -0.05) is 19.8 Å². The Morgan fingerprint density at radius 1 is 1.55 bits per heavy atom. The van der Waals surface area contributed by atoms with E-state index in [4.69, 9.17) is 5.84 Å². The molecular weight excluding hydrogens is 140 g/mol. The third kappa shape index (κ3) is 2.19. The maximum atomic E-state index is 11.1. The summed E-state index contributed by atoms with van der Waals surface area (Å²) >= 11 is 0. The van der Waals surface area contributed by atoms with Crippen molar-refractivity contribution in [2.45, 2.75) is 32.6 Å². The Kier molecular flexibility index (Phi) is 2.88. The topological polar surface area (TPSA) is 55.1 Å². The van der Waals surface area contributed by atoms with Gasteiger partial charge in [-0.15, -0.1) is 0 Å². The zero-order valence-electron chi connectivity index (χ0n) is 6.97. The van der Waals surface area contributed by atoms with E-state index in [2.05, 4.69) is 12.3 Å². The van der Waals surface area contributed by atoms with Crippen molar-refractivity contribution in [1.29, 1.82) is 0 Å². The summed E-state index contributed by atoms with van der Waals surface area (Å²) in [6, 6.07) is 0. The Bertz CT molecular complexity index is 147. The third-order valence-corrected chi connectivity index (χ3v) is 2.45. The van der Waals surface area contributed by atoms with Crippen molar-refractivity contribution in [3.05, 3.63) is 0 Å². The molecule has 0 bridgehead atoms. The first-order chi connectivity index (χ1) is 5.24. The van der Waals surface area contributed by atoms with Crippen LogP contribution in [0.4, 0.5) is 0 Å². The molecular formula is C8H16N2O. The second-order valence-electron chi connectivity index (χ2n) is 3.48. The largest absolute Gasteiger partial charge is 0.294 e. The highest BCUT2D eigenvalue weighted by atomic mass is 16.2. The molecule has 2 atom stereocenters. The minimum atomic E-state index is 0.0107. The second kappa shape index (κ2) is 3.72. The van der Waals surface area contributed by atoms with Crippen molar-refractivity contribution >= 4 is 5.91 Å². The number of carbonyl (C=O) groups excluding carboxylic acids is 1. The van der Waals surface area contributed by atoms with Crippen molar-refractivity contribution < 1.29 is 4.79 Å². The summed E-state index contributed by atoms with van der Waals surface area (Å²) in [6.45, 7) is 2.19. The van der Waals surface area contributed by atoms with E-state index in [0.717, 1.165) is 12.8 Å². The minimum absolute atomic E-state index is 0.0107. The van der Waals surface area contributed by atoms with Crippen molar-refractivity contribution in [3.63, 3.8) is 0 Å². The molecule has 0 aromatic heterocycles. The molecule has 3 N–H and O–H groups in total. The van der Waals surface area contributed by atoms with Crippen molar-refractivity contribution in [3.8, 4) is 0 Å². The number of hydrogen-bond acceptors (Lipinski definition) is 2. The number of nitrogens with two attached hydrogens (primary N) is 1. The van der Waals surface area contributed by atoms with E-state index in [1.54, 1.807) is 0 Å². The number of hydrogen-bond donors (Lipinski definition) is 2. The Labute approximate surface area is 67.3 Å². The van der Waals surface area contributed by atoms with Crippen LogP contribution in [0.25, 0.3) is 0 Å². The fourth-order valence-corrected chi connectivity index (χ4v) is 1.79. The lowest BCUT2D eigenvalue weighted by atomic mass is 9.82. The lowest BCUT2D eigenvalue weighted by Gasteiger charge is -2.24. The van der Waals surface area contributed by atoms with Crippen LogP contribution in [0.5, 0.6) is 0 Å². The number of rotatable bonds is 1. The predicted molar refractivity (Wildman–Crippen MR) is 43.5 cm³/mol. The lowest BCUT2D eigenvalue weighted by Crippen LogP contribution is -2.37. The normalized spacial score (nSPS) is 31.5. The third-order valence-electron chi connectivity index (χ3n) is 2.45. The smallest absolute Gasteiger partial charge is 0.236 e. The molecule has 1 aliphatic carbocycles. The van der Waals surface area contributed by atoms with Gasteiger partial charge in [-0.3, -0.25) is 10.2 Å². The summed E-state index contributed by atoms with van der Waals surface area (Å²) in [4.78, 5) is 11.1. The summed E-state index contributed by atoms with van der Waals surface area (Å²) < 4.78 is 0. The molecule has 0 radical (unpaired) electrons. The molecule has 1 rings (SSSR count). The Balaban J connectivity index is 2.39. The van der Waals surface area contributed by atoms with Crippen molar-refractivity contribution in [2.24, 2.45) is 17.7 Å². The van der Waals surface area contributed by atoms with Crippen LogP contribution in [0.2, 0.25) is 0 Å². The van der Waals surface area contributed by atoms with Crippen LogP contribution in [-0.2, 0) is 4.79 Å². The van der Waals surface area contributed by atoms with Crippen LogP contribution in [0.1, 0.15) is 32.6 Å². The molecule has 1 fully saturated rings. The summed E-state index contributed by atoms with van der Waals surface area (Å²) in [5, 5.41) is 0. The van der Waals surface area contributed by atoms with Gasteiger partial charge in [0, 0.05) is 5.92 Å². The highest BCUT2D eigenvalue weighted by molar-refractivity contribution is 5.77. The number of carbonyl (C=O) groups is 1. The van der Waals surface area contributed by atoms with E-state index < -0.39 is 0 Å². The van der Waals surface area contributed by atoms with E-state index in [0.29, 0.717) is 5.92 Å². The van der Waals surface area contributed by atoms with Crippen molar-refractivity contribution in [1.82, 2.24) is 5.43 Å². The van der Waals surface area contributed by atoms with E-state index in [-0.39, 0.29) is 11.8 Å². The average molecular weight is 156 g/mol. The molecule has 0 heterocycles. The van der Waals surface area contributed by atoms with Crippen LogP contribution < -0.4 is 11.3 Å². The second-order valence-corrected chi connectivity index (χ2v) is 3.48. The molecule has 0 aliphatic heterocycles. The van der Waals surface area contributed by atoms with Gasteiger partial charge in [-0.25, -0.2) is 5.84 Å². The SMILES string of the molecule is C[C@@H]1CCC[C@H](C(=O)NN)C1. The first-order valence-electron chi connectivity index (χ1n) is 4.24. The zero-order valence-corrected chi connectivity index (χ0v) is 6.97. The molecule has 1 saturated carbocycles. The van der Waals surface area contributed by atoms with E-state index in [1.807, 2.05) is 0 Å². The monoisotopic (exact) mass is 156 g/mol. The number of nitrogens with one attached hydrogen (secondary N) is 1. The summed E-state index contributed by atoms with van der Waals surface area (Å²) in [7, 11) is 0. The summed E-state index contributed by atoms with van der Waals surface area (Å²) in [5.41, 5.74) is 2.22. The van der Waals surface area contributed by atoms with Gasteiger partial charge in [0.25, 0.3) is 0 Å². The quantitative estimate of drug-likeness (QED) is 0.335. The molecule has 1 amide bonds. The van der Waals surface area contributed by atoms with E-state index in [1.165, 1.54) is 12.8 Å². The van der Waals surface area contributed by atoms with Gasteiger partial charge in [-0.05, 0) is 18.8 Å². The fourth-order valence-electron chi connectivity index (χ4n) is 1.79. The van der Waals surface area contributed by atoms with Crippen LogP contribution in [0.3, 0.4) is 0 Å². The van der Waals surface area contributed by atoms with Crippen LogP contribution >= 0.6 is 0 Å².